The molecule has 6 nitrogen and oxygen atoms in total. The number of hydrogen-bond donors (Lipinski definition) is 1. The van der Waals surface area contributed by atoms with Gasteiger partial charge < -0.3 is 10.2 Å². The highest BCUT2D eigenvalue weighted by Crippen LogP contribution is 2.32. The van der Waals surface area contributed by atoms with Crippen LogP contribution in [0.1, 0.15) is 56.5 Å². The Bertz CT molecular complexity index is 1310. The molecule has 0 atom stereocenters. The number of benzene rings is 1. The van der Waals surface area contributed by atoms with Crippen molar-refractivity contribution in [3.63, 3.8) is 0 Å². The summed E-state index contributed by atoms with van der Waals surface area (Å²) in [6.45, 7) is 17.4. The van der Waals surface area contributed by atoms with E-state index in [1.807, 2.05) is 6.92 Å². The third-order valence-corrected chi connectivity index (χ3v) is 6.14. The number of anilines is 2. The maximum absolute atomic E-state index is 14.8. The van der Waals surface area contributed by atoms with Gasteiger partial charge in [0.1, 0.15) is 17.5 Å². The third kappa shape index (κ3) is 7.01. The Kier molecular flexibility index (Phi) is 9.36. The summed E-state index contributed by atoms with van der Waals surface area (Å²) in [4.78, 5) is 28.7. The van der Waals surface area contributed by atoms with Crippen LogP contribution in [0.5, 0.6) is 0 Å². The second kappa shape index (κ2) is 12.4. The highest BCUT2D eigenvalue weighted by atomic mass is 32.2. The van der Waals surface area contributed by atoms with Crippen molar-refractivity contribution >= 4 is 50.0 Å². The molecule has 188 valence electrons. The van der Waals surface area contributed by atoms with E-state index in [1.165, 1.54) is 17.8 Å². The summed E-state index contributed by atoms with van der Waals surface area (Å²) in [5, 5.41) is 4.94. The van der Waals surface area contributed by atoms with E-state index in [0.29, 0.717) is 32.9 Å². The van der Waals surface area contributed by atoms with E-state index in [1.54, 1.807) is 43.6 Å². The fraction of sp³-hybridized carbons (Fsp3) is 0.286. The molecule has 1 amide bonds. The minimum Gasteiger partial charge on any atom is -0.357 e. The number of pyridine rings is 2. The second-order valence-electron chi connectivity index (χ2n) is 8.48. The number of carbonyl (C=O) groups excluding carboxylic acids is 1. The molecule has 0 unspecified atom stereocenters. The molecular weight excluding hydrogens is 473 g/mol. The van der Waals surface area contributed by atoms with Crippen molar-refractivity contribution in [2.75, 3.05) is 23.3 Å². The maximum Gasteiger partial charge on any atom is 0.257 e. The van der Waals surface area contributed by atoms with Crippen LogP contribution in [0.3, 0.4) is 0 Å². The Hall–Kier alpha value is -3.52. The van der Waals surface area contributed by atoms with Crippen LogP contribution >= 0.6 is 11.8 Å². The SMILES string of the molecule is C=C(C)/N=C(/C)SC(=C)c1cc2cc(NC(=O)c3ccnc(N(CCC)CCC)c3)ncc2cc1F. The molecule has 36 heavy (non-hydrogen) atoms. The standard InChI is InChI=1S/C28H32FN5OS/c1-7-11-34(12-8-2)27-16-21(9-10-30-27)28(35)33-26-15-22-13-24(25(29)14-23(22)17-31-26)19(5)36-20(6)32-18(3)4/h9-10,13-17H,3,5,7-8,11-12H2,1-2,4,6H3,(H,31,33,35)/b32-20-. The average molecular weight is 506 g/mol. The lowest BCUT2D eigenvalue weighted by Gasteiger charge is -2.22. The molecule has 0 aliphatic heterocycles. The van der Waals surface area contributed by atoms with Crippen LogP contribution in [-0.2, 0) is 0 Å². The van der Waals surface area contributed by atoms with Gasteiger partial charge in [-0.2, -0.15) is 0 Å². The number of carbonyl (C=O) groups is 1. The topological polar surface area (TPSA) is 70.5 Å². The van der Waals surface area contributed by atoms with Crippen molar-refractivity contribution in [3.8, 4) is 0 Å². The molecule has 0 spiro atoms. The number of thioether (sulfide) groups is 1. The molecule has 0 bridgehead atoms. The minimum atomic E-state index is -0.394. The molecule has 0 saturated heterocycles. The molecule has 1 aromatic carbocycles. The van der Waals surface area contributed by atoms with E-state index in [4.69, 9.17) is 0 Å². The van der Waals surface area contributed by atoms with Gasteiger partial charge in [-0.15, -0.1) is 0 Å². The summed E-state index contributed by atoms with van der Waals surface area (Å²) >= 11 is 1.29. The van der Waals surface area contributed by atoms with Crippen molar-refractivity contribution in [3.05, 3.63) is 78.5 Å². The number of fused-ring (bicyclic) bond motifs is 1. The van der Waals surface area contributed by atoms with Crippen molar-refractivity contribution in [2.24, 2.45) is 4.99 Å². The lowest BCUT2D eigenvalue weighted by Crippen LogP contribution is -2.26. The minimum absolute atomic E-state index is 0.285. The highest BCUT2D eigenvalue weighted by molar-refractivity contribution is 8.21. The normalized spacial score (nSPS) is 11.4. The predicted molar refractivity (Wildman–Crippen MR) is 151 cm³/mol. The lowest BCUT2D eigenvalue weighted by molar-refractivity contribution is 0.102. The van der Waals surface area contributed by atoms with Gasteiger partial charge in [-0.25, -0.2) is 14.4 Å². The summed E-state index contributed by atoms with van der Waals surface area (Å²) in [7, 11) is 0. The number of hydrogen-bond acceptors (Lipinski definition) is 6. The quantitative estimate of drug-likeness (QED) is 0.231. The first-order valence-corrected chi connectivity index (χ1v) is 12.7. The summed E-state index contributed by atoms with van der Waals surface area (Å²) in [6.07, 6.45) is 5.18. The van der Waals surface area contributed by atoms with E-state index >= 15 is 0 Å². The maximum atomic E-state index is 14.8. The number of allylic oxidation sites excluding steroid dienone is 1. The molecule has 0 aliphatic carbocycles. The largest absolute Gasteiger partial charge is 0.357 e. The number of nitrogens with one attached hydrogen (secondary N) is 1. The van der Waals surface area contributed by atoms with Crippen LogP contribution in [-0.4, -0.2) is 34.0 Å². The number of halogens is 1. The summed E-state index contributed by atoms with van der Waals surface area (Å²) < 4.78 is 14.8. The van der Waals surface area contributed by atoms with Crippen LogP contribution in [0, 0.1) is 5.82 Å². The van der Waals surface area contributed by atoms with Crippen LogP contribution < -0.4 is 10.2 Å². The van der Waals surface area contributed by atoms with Gasteiger partial charge in [0.2, 0.25) is 0 Å². The molecule has 0 fully saturated rings. The number of rotatable bonds is 10. The van der Waals surface area contributed by atoms with Crippen molar-refractivity contribution < 1.29 is 9.18 Å². The molecule has 0 radical (unpaired) electrons. The molecule has 1 N–H and O–H groups in total. The van der Waals surface area contributed by atoms with Crippen LogP contribution in [0.4, 0.5) is 16.0 Å². The Morgan fingerprint density at radius 1 is 1.08 bits per heavy atom. The van der Waals surface area contributed by atoms with E-state index in [9.17, 15) is 9.18 Å². The van der Waals surface area contributed by atoms with Gasteiger partial charge >= 0.3 is 0 Å². The Morgan fingerprint density at radius 3 is 2.47 bits per heavy atom. The predicted octanol–water partition coefficient (Wildman–Crippen LogP) is 7.30. The fourth-order valence-electron chi connectivity index (χ4n) is 3.77. The molecule has 0 saturated carbocycles. The van der Waals surface area contributed by atoms with E-state index in [0.717, 1.165) is 42.2 Å². The van der Waals surface area contributed by atoms with Crippen molar-refractivity contribution in [1.82, 2.24) is 9.97 Å². The Morgan fingerprint density at radius 2 is 1.81 bits per heavy atom. The third-order valence-electron chi connectivity index (χ3n) is 5.29. The first kappa shape index (κ1) is 27.1. The van der Waals surface area contributed by atoms with Gasteiger partial charge in [-0.3, -0.25) is 9.79 Å². The molecule has 3 rings (SSSR count). The van der Waals surface area contributed by atoms with Gasteiger partial charge in [-0.1, -0.05) is 38.8 Å². The molecule has 8 heteroatoms. The zero-order valence-electron chi connectivity index (χ0n) is 21.3. The Labute approximate surface area is 216 Å². The molecule has 3 aromatic rings. The Balaban J connectivity index is 1.84. The fourth-order valence-corrected chi connectivity index (χ4v) is 4.60. The molecule has 0 aliphatic rings. The monoisotopic (exact) mass is 505 g/mol. The van der Waals surface area contributed by atoms with Crippen LogP contribution in [0.25, 0.3) is 15.7 Å². The first-order valence-electron chi connectivity index (χ1n) is 11.9. The number of amides is 1. The summed E-state index contributed by atoms with van der Waals surface area (Å²) in [5.74, 6) is 0.474. The van der Waals surface area contributed by atoms with Crippen molar-refractivity contribution in [1.29, 1.82) is 0 Å². The van der Waals surface area contributed by atoms with Crippen LogP contribution in [0.15, 0.2) is 66.6 Å². The number of nitrogens with zero attached hydrogens (tertiary/aromatic N) is 4. The van der Waals surface area contributed by atoms with Crippen LogP contribution in [0.2, 0.25) is 0 Å². The van der Waals surface area contributed by atoms with E-state index < -0.39 is 5.82 Å². The number of aromatic nitrogens is 2. The van der Waals surface area contributed by atoms with Gasteiger partial charge in [0.05, 0.1) is 5.04 Å². The summed E-state index contributed by atoms with van der Waals surface area (Å²) in [5.41, 5.74) is 1.54. The molecule has 2 heterocycles. The molecular formula is C28H32FN5OS. The van der Waals surface area contributed by atoms with Gasteiger partial charge in [0, 0.05) is 52.6 Å². The zero-order chi connectivity index (χ0) is 26.2. The second-order valence-corrected chi connectivity index (χ2v) is 9.77. The van der Waals surface area contributed by atoms with E-state index in [2.05, 4.69) is 52.2 Å². The van der Waals surface area contributed by atoms with Gasteiger partial charge in [0.25, 0.3) is 5.91 Å². The average Bonchev–Trinajstić information content (AvgIpc) is 2.83. The smallest absolute Gasteiger partial charge is 0.257 e. The number of aliphatic imine (C=N–C) groups is 1. The summed E-state index contributed by atoms with van der Waals surface area (Å²) in [6, 6.07) is 8.34. The van der Waals surface area contributed by atoms with Gasteiger partial charge in [0.15, 0.2) is 0 Å². The van der Waals surface area contributed by atoms with E-state index in [-0.39, 0.29) is 5.91 Å². The zero-order valence-corrected chi connectivity index (χ0v) is 22.1. The van der Waals surface area contributed by atoms with Gasteiger partial charge in [-0.05, 0) is 62.4 Å². The lowest BCUT2D eigenvalue weighted by atomic mass is 10.1. The highest BCUT2D eigenvalue weighted by Gasteiger charge is 2.14. The molecule has 2 aromatic heterocycles. The first-order chi connectivity index (χ1) is 17.2. The van der Waals surface area contributed by atoms with Crippen molar-refractivity contribution in [2.45, 2.75) is 40.5 Å².